The predicted octanol–water partition coefficient (Wildman–Crippen LogP) is 2.22. The second-order valence-corrected chi connectivity index (χ2v) is 4.55. The smallest absolute Gasteiger partial charge is 0.0922 e. The summed E-state index contributed by atoms with van der Waals surface area (Å²) < 4.78 is 0. The number of rotatable bonds is 3. The molecule has 2 rings (SSSR count). The van der Waals surface area contributed by atoms with Gasteiger partial charge in [-0.1, -0.05) is 19.3 Å². The van der Waals surface area contributed by atoms with Crippen molar-refractivity contribution >= 4 is 0 Å². The summed E-state index contributed by atoms with van der Waals surface area (Å²) in [5.74, 6) is 0. The van der Waals surface area contributed by atoms with Gasteiger partial charge in [-0.05, 0) is 19.8 Å². The van der Waals surface area contributed by atoms with Gasteiger partial charge in [0.05, 0.1) is 6.33 Å². The van der Waals surface area contributed by atoms with Gasteiger partial charge in [0.25, 0.3) is 0 Å². The SMILES string of the molecule is CC1(NCc2cnc[nH]2)CCCCC1. The maximum absolute atomic E-state index is 4.01. The highest BCUT2D eigenvalue weighted by molar-refractivity contribution is 4.96. The molecule has 1 aliphatic rings. The van der Waals surface area contributed by atoms with Crippen molar-refractivity contribution in [3.8, 4) is 0 Å². The van der Waals surface area contributed by atoms with E-state index in [0.717, 1.165) is 6.54 Å². The molecule has 14 heavy (non-hydrogen) atoms. The van der Waals surface area contributed by atoms with Crippen molar-refractivity contribution in [3.63, 3.8) is 0 Å². The maximum Gasteiger partial charge on any atom is 0.0922 e. The first-order chi connectivity index (χ1) is 6.79. The topological polar surface area (TPSA) is 40.7 Å². The summed E-state index contributed by atoms with van der Waals surface area (Å²) in [6.45, 7) is 3.25. The van der Waals surface area contributed by atoms with Crippen LogP contribution in [0.4, 0.5) is 0 Å². The molecule has 3 heteroatoms. The van der Waals surface area contributed by atoms with Gasteiger partial charge >= 0.3 is 0 Å². The fourth-order valence-electron chi connectivity index (χ4n) is 2.20. The first-order valence-electron chi connectivity index (χ1n) is 5.51. The highest BCUT2D eigenvalue weighted by Gasteiger charge is 2.25. The van der Waals surface area contributed by atoms with Gasteiger partial charge in [0, 0.05) is 24.0 Å². The molecular formula is C11H19N3. The van der Waals surface area contributed by atoms with Crippen molar-refractivity contribution in [1.82, 2.24) is 15.3 Å². The number of nitrogens with zero attached hydrogens (tertiary/aromatic N) is 1. The van der Waals surface area contributed by atoms with Crippen LogP contribution in [0.2, 0.25) is 0 Å². The normalized spacial score (nSPS) is 20.9. The van der Waals surface area contributed by atoms with E-state index in [9.17, 15) is 0 Å². The fourth-order valence-corrected chi connectivity index (χ4v) is 2.20. The van der Waals surface area contributed by atoms with Crippen LogP contribution >= 0.6 is 0 Å². The molecule has 1 aromatic heterocycles. The van der Waals surface area contributed by atoms with E-state index in [4.69, 9.17) is 0 Å². The molecule has 0 amide bonds. The molecule has 0 spiro atoms. The predicted molar refractivity (Wildman–Crippen MR) is 56.9 cm³/mol. The summed E-state index contributed by atoms with van der Waals surface area (Å²) in [5, 5.41) is 3.63. The van der Waals surface area contributed by atoms with Crippen molar-refractivity contribution in [2.45, 2.75) is 51.1 Å². The van der Waals surface area contributed by atoms with Crippen molar-refractivity contribution in [1.29, 1.82) is 0 Å². The Morgan fingerprint density at radius 1 is 1.43 bits per heavy atom. The molecule has 1 aliphatic carbocycles. The molecule has 1 saturated carbocycles. The number of H-pyrrole nitrogens is 1. The molecular weight excluding hydrogens is 174 g/mol. The number of nitrogens with one attached hydrogen (secondary N) is 2. The summed E-state index contributed by atoms with van der Waals surface area (Å²) in [6, 6.07) is 0. The monoisotopic (exact) mass is 193 g/mol. The molecule has 0 bridgehead atoms. The summed E-state index contributed by atoms with van der Waals surface area (Å²) in [6.07, 6.45) is 10.4. The van der Waals surface area contributed by atoms with Crippen LogP contribution in [-0.2, 0) is 6.54 Å². The summed E-state index contributed by atoms with van der Waals surface area (Å²) in [4.78, 5) is 7.13. The Bertz CT molecular complexity index is 260. The van der Waals surface area contributed by atoms with Gasteiger partial charge in [-0.2, -0.15) is 0 Å². The van der Waals surface area contributed by atoms with Crippen molar-refractivity contribution in [3.05, 3.63) is 18.2 Å². The van der Waals surface area contributed by atoms with E-state index >= 15 is 0 Å². The van der Waals surface area contributed by atoms with E-state index in [2.05, 4.69) is 22.2 Å². The number of hydrogen-bond acceptors (Lipinski definition) is 2. The van der Waals surface area contributed by atoms with E-state index in [-0.39, 0.29) is 0 Å². The second-order valence-electron chi connectivity index (χ2n) is 4.55. The molecule has 1 heterocycles. The van der Waals surface area contributed by atoms with Crippen molar-refractivity contribution in [2.24, 2.45) is 0 Å². The number of hydrogen-bond donors (Lipinski definition) is 2. The number of aromatic amines is 1. The maximum atomic E-state index is 4.01. The molecule has 0 aromatic carbocycles. The lowest BCUT2D eigenvalue weighted by Crippen LogP contribution is -2.43. The van der Waals surface area contributed by atoms with E-state index in [1.165, 1.54) is 37.8 Å². The molecule has 1 fully saturated rings. The summed E-state index contributed by atoms with van der Waals surface area (Å²) in [5.41, 5.74) is 1.53. The van der Waals surface area contributed by atoms with Gasteiger partial charge in [0.2, 0.25) is 0 Å². The quantitative estimate of drug-likeness (QED) is 0.772. The van der Waals surface area contributed by atoms with Gasteiger partial charge in [0.15, 0.2) is 0 Å². The van der Waals surface area contributed by atoms with Crippen molar-refractivity contribution in [2.75, 3.05) is 0 Å². The minimum Gasteiger partial charge on any atom is -0.347 e. The third-order valence-corrected chi connectivity index (χ3v) is 3.22. The first-order valence-corrected chi connectivity index (χ1v) is 5.51. The highest BCUT2D eigenvalue weighted by Crippen LogP contribution is 2.27. The van der Waals surface area contributed by atoms with Crippen LogP contribution in [0.5, 0.6) is 0 Å². The molecule has 0 aliphatic heterocycles. The summed E-state index contributed by atoms with van der Waals surface area (Å²) >= 11 is 0. The van der Waals surface area contributed by atoms with Crippen LogP contribution < -0.4 is 5.32 Å². The van der Waals surface area contributed by atoms with E-state index in [1.807, 2.05) is 6.20 Å². The van der Waals surface area contributed by atoms with Gasteiger partial charge in [0.1, 0.15) is 0 Å². The van der Waals surface area contributed by atoms with E-state index < -0.39 is 0 Å². The zero-order valence-electron chi connectivity index (χ0n) is 8.84. The zero-order chi connectivity index (χ0) is 9.86. The largest absolute Gasteiger partial charge is 0.347 e. The minimum atomic E-state index is 0.351. The van der Waals surface area contributed by atoms with Gasteiger partial charge in [-0.3, -0.25) is 0 Å². The van der Waals surface area contributed by atoms with Crippen LogP contribution in [0.3, 0.4) is 0 Å². The minimum absolute atomic E-state index is 0.351. The van der Waals surface area contributed by atoms with Crippen LogP contribution in [0, 0.1) is 0 Å². The first kappa shape index (κ1) is 9.71. The fraction of sp³-hybridized carbons (Fsp3) is 0.727. The zero-order valence-corrected chi connectivity index (χ0v) is 8.84. The van der Waals surface area contributed by atoms with Crippen LogP contribution in [0.25, 0.3) is 0 Å². The van der Waals surface area contributed by atoms with E-state index in [1.54, 1.807) is 6.33 Å². The molecule has 78 valence electrons. The lowest BCUT2D eigenvalue weighted by molar-refractivity contribution is 0.251. The Morgan fingerprint density at radius 2 is 2.21 bits per heavy atom. The standard InChI is InChI=1S/C11H19N3/c1-11(5-3-2-4-6-11)14-8-10-7-12-9-13-10/h7,9,14H,2-6,8H2,1H3,(H,12,13). The summed E-state index contributed by atoms with van der Waals surface area (Å²) in [7, 11) is 0. The Balaban J connectivity index is 1.84. The van der Waals surface area contributed by atoms with Gasteiger partial charge in [-0.25, -0.2) is 4.98 Å². The van der Waals surface area contributed by atoms with Crippen molar-refractivity contribution < 1.29 is 0 Å². The highest BCUT2D eigenvalue weighted by atomic mass is 15.0. The van der Waals surface area contributed by atoms with Crippen LogP contribution in [0.15, 0.2) is 12.5 Å². The van der Waals surface area contributed by atoms with E-state index in [0.29, 0.717) is 5.54 Å². The lowest BCUT2D eigenvalue weighted by atomic mass is 9.83. The van der Waals surface area contributed by atoms with Crippen LogP contribution in [0.1, 0.15) is 44.7 Å². The molecule has 0 atom stereocenters. The van der Waals surface area contributed by atoms with Crippen LogP contribution in [-0.4, -0.2) is 15.5 Å². The molecule has 0 radical (unpaired) electrons. The number of aromatic nitrogens is 2. The molecule has 2 N–H and O–H groups in total. The van der Waals surface area contributed by atoms with Gasteiger partial charge < -0.3 is 10.3 Å². The average molecular weight is 193 g/mol. The average Bonchev–Trinajstić information content (AvgIpc) is 2.69. The Kier molecular flexibility index (Phi) is 2.87. The number of imidazole rings is 1. The van der Waals surface area contributed by atoms with Gasteiger partial charge in [-0.15, -0.1) is 0 Å². The Hall–Kier alpha value is -0.830. The molecule has 0 saturated heterocycles. The Labute approximate surface area is 85.3 Å². The molecule has 0 unspecified atom stereocenters. The molecule has 3 nitrogen and oxygen atoms in total. The third kappa shape index (κ3) is 2.35. The second kappa shape index (κ2) is 4.13. The third-order valence-electron chi connectivity index (χ3n) is 3.22. The lowest BCUT2D eigenvalue weighted by Gasteiger charge is -2.34. The Morgan fingerprint density at radius 3 is 2.86 bits per heavy atom. The molecule has 1 aromatic rings.